The number of aromatic amines is 1. The fourth-order valence-corrected chi connectivity index (χ4v) is 3.37. The first-order valence-corrected chi connectivity index (χ1v) is 10.6. The van der Waals surface area contributed by atoms with Gasteiger partial charge in [0.1, 0.15) is 5.82 Å². The summed E-state index contributed by atoms with van der Waals surface area (Å²) in [6.07, 6.45) is 5.78. The van der Waals surface area contributed by atoms with Gasteiger partial charge in [-0.15, -0.1) is 0 Å². The number of benzene rings is 2. The van der Waals surface area contributed by atoms with Crippen LogP contribution in [0, 0.1) is 5.82 Å². The van der Waals surface area contributed by atoms with Gasteiger partial charge < -0.3 is 20.4 Å². The van der Waals surface area contributed by atoms with Gasteiger partial charge in [-0.25, -0.2) is 4.39 Å². The van der Waals surface area contributed by atoms with Crippen LogP contribution < -0.4 is 10.6 Å². The standard InChI is InChI=1S/C24H31FN4O/c1-26-24(27-13-5-6-15-30-16-12-19-7-3-2-4-8-19)28-14-11-20-18-29-23-17-21(25)9-10-22(20)23/h2-4,7-10,17-18,29H,5-6,11-16H2,1H3,(H2,26,27,28). The molecule has 0 atom stereocenters. The third kappa shape index (κ3) is 6.88. The van der Waals surface area contributed by atoms with E-state index in [1.807, 2.05) is 18.3 Å². The number of halogens is 1. The molecule has 1 heterocycles. The smallest absolute Gasteiger partial charge is 0.190 e. The molecular weight excluding hydrogens is 379 g/mol. The largest absolute Gasteiger partial charge is 0.381 e. The second-order valence-corrected chi connectivity index (χ2v) is 7.23. The van der Waals surface area contributed by atoms with Crippen LogP contribution in [0.5, 0.6) is 0 Å². The van der Waals surface area contributed by atoms with E-state index in [1.54, 1.807) is 7.05 Å². The van der Waals surface area contributed by atoms with Gasteiger partial charge in [0.2, 0.25) is 0 Å². The van der Waals surface area contributed by atoms with E-state index in [0.717, 1.165) is 68.8 Å². The first-order chi connectivity index (χ1) is 14.8. The monoisotopic (exact) mass is 410 g/mol. The van der Waals surface area contributed by atoms with Crippen LogP contribution in [-0.4, -0.2) is 44.3 Å². The van der Waals surface area contributed by atoms with Crippen molar-refractivity contribution < 1.29 is 9.13 Å². The third-order valence-corrected chi connectivity index (χ3v) is 5.03. The second kappa shape index (κ2) is 12.0. The molecule has 0 spiro atoms. The number of hydrogen-bond acceptors (Lipinski definition) is 2. The summed E-state index contributed by atoms with van der Waals surface area (Å²) in [4.78, 5) is 7.40. The minimum atomic E-state index is -0.222. The van der Waals surface area contributed by atoms with Gasteiger partial charge in [0, 0.05) is 43.8 Å². The predicted molar refractivity (Wildman–Crippen MR) is 122 cm³/mol. The first kappa shape index (κ1) is 21.8. The maximum absolute atomic E-state index is 13.3. The summed E-state index contributed by atoms with van der Waals surface area (Å²) in [6, 6.07) is 15.3. The number of nitrogens with one attached hydrogen (secondary N) is 3. The normalized spacial score (nSPS) is 11.7. The van der Waals surface area contributed by atoms with E-state index in [0.29, 0.717) is 0 Å². The Morgan fingerprint density at radius 3 is 2.67 bits per heavy atom. The number of guanidine groups is 1. The highest BCUT2D eigenvalue weighted by Gasteiger charge is 2.05. The maximum Gasteiger partial charge on any atom is 0.190 e. The molecule has 0 radical (unpaired) electrons. The molecule has 1 aromatic heterocycles. The van der Waals surface area contributed by atoms with Crippen molar-refractivity contribution in [2.75, 3.05) is 33.4 Å². The quantitative estimate of drug-likeness (QED) is 0.254. The topological polar surface area (TPSA) is 61.4 Å². The Morgan fingerprint density at radius 2 is 1.83 bits per heavy atom. The number of aliphatic imine (C=N–C) groups is 1. The number of H-pyrrole nitrogens is 1. The van der Waals surface area contributed by atoms with Gasteiger partial charge in [-0.05, 0) is 55.0 Å². The van der Waals surface area contributed by atoms with E-state index in [4.69, 9.17) is 4.74 Å². The summed E-state index contributed by atoms with van der Waals surface area (Å²) in [5.74, 6) is 0.575. The number of ether oxygens (including phenoxy) is 1. The van der Waals surface area contributed by atoms with Crippen LogP contribution in [0.3, 0.4) is 0 Å². The van der Waals surface area contributed by atoms with E-state index in [-0.39, 0.29) is 5.82 Å². The average Bonchev–Trinajstić information content (AvgIpc) is 3.16. The maximum atomic E-state index is 13.3. The van der Waals surface area contributed by atoms with E-state index in [1.165, 1.54) is 23.3 Å². The van der Waals surface area contributed by atoms with Crippen LogP contribution in [0.1, 0.15) is 24.0 Å². The molecule has 0 aliphatic carbocycles. The van der Waals surface area contributed by atoms with Crippen LogP contribution in [0.15, 0.2) is 59.7 Å². The lowest BCUT2D eigenvalue weighted by atomic mass is 10.1. The number of fused-ring (bicyclic) bond motifs is 1. The fraction of sp³-hybridized carbons (Fsp3) is 0.375. The van der Waals surface area contributed by atoms with Gasteiger partial charge in [0.25, 0.3) is 0 Å². The van der Waals surface area contributed by atoms with Crippen LogP contribution >= 0.6 is 0 Å². The molecule has 0 fully saturated rings. The zero-order valence-corrected chi connectivity index (χ0v) is 17.6. The van der Waals surface area contributed by atoms with Gasteiger partial charge in [0.15, 0.2) is 5.96 Å². The lowest BCUT2D eigenvalue weighted by Crippen LogP contribution is -2.38. The zero-order chi connectivity index (χ0) is 21.0. The highest BCUT2D eigenvalue weighted by molar-refractivity contribution is 5.83. The molecule has 0 saturated carbocycles. The average molecular weight is 411 g/mol. The molecule has 5 nitrogen and oxygen atoms in total. The summed E-state index contributed by atoms with van der Waals surface area (Å²) in [5.41, 5.74) is 3.31. The molecule has 0 aliphatic rings. The molecule has 0 aliphatic heterocycles. The lowest BCUT2D eigenvalue weighted by molar-refractivity contribution is 0.133. The Bertz CT molecular complexity index is 923. The molecular formula is C24H31FN4O. The minimum Gasteiger partial charge on any atom is -0.381 e. The molecule has 3 aromatic rings. The Labute approximate surface area is 177 Å². The summed E-state index contributed by atoms with van der Waals surface area (Å²) in [7, 11) is 1.77. The van der Waals surface area contributed by atoms with Crippen molar-refractivity contribution in [2.45, 2.75) is 25.7 Å². The van der Waals surface area contributed by atoms with Crippen molar-refractivity contribution >= 4 is 16.9 Å². The SMILES string of the molecule is CN=C(NCCCCOCCc1ccccc1)NCCc1c[nH]c2cc(F)ccc12. The van der Waals surface area contributed by atoms with E-state index >= 15 is 0 Å². The lowest BCUT2D eigenvalue weighted by Gasteiger charge is -2.12. The zero-order valence-electron chi connectivity index (χ0n) is 17.6. The summed E-state index contributed by atoms with van der Waals surface area (Å²) < 4.78 is 19.0. The summed E-state index contributed by atoms with van der Waals surface area (Å²) in [5, 5.41) is 7.73. The van der Waals surface area contributed by atoms with E-state index in [2.05, 4.69) is 44.9 Å². The van der Waals surface area contributed by atoms with Crippen molar-refractivity contribution in [2.24, 2.45) is 4.99 Å². The number of aromatic nitrogens is 1. The van der Waals surface area contributed by atoms with Crippen molar-refractivity contribution in [3.05, 3.63) is 71.7 Å². The molecule has 0 amide bonds. The van der Waals surface area contributed by atoms with Gasteiger partial charge in [-0.3, -0.25) is 4.99 Å². The molecule has 0 unspecified atom stereocenters. The molecule has 160 valence electrons. The van der Waals surface area contributed by atoms with Crippen LogP contribution in [-0.2, 0) is 17.6 Å². The van der Waals surface area contributed by atoms with Crippen LogP contribution in [0.2, 0.25) is 0 Å². The molecule has 2 aromatic carbocycles. The Kier molecular flexibility index (Phi) is 8.72. The van der Waals surface area contributed by atoms with E-state index < -0.39 is 0 Å². The van der Waals surface area contributed by atoms with Crippen molar-refractivity contribution in [3.63, 3.8) is 0 Å². The first-order valence-electron chi connectivity index (χ1n) is 10.6. The Hall–Kier alpha value is -2.86. The van der Waals surface area contributed by atoms with Crippen LogP contribution in [0.25, 0.3) is 10.9 Å². The molecule has 3 N–H and O–H groups in total. The minimum absolute atomic E-state index is 0.222. The Morgan fingerprint density at radius 1 is 1.00 bits per heavy atom. The van der Waals surface area contributed by atoms with Crippen molar-refractivity contribution in [3.8, 4) is 0 Å². The molecule has 30 heavy (non-hydrogen) atoms. The summed E-state index contributed by atoms with van der Waals surface area (Å²) in [6.45, 7) is 3.16. The van der Waals surface area contributed by atoms with Gasteiger partial charge in [-0.1, -0.05) is 30.3 Å². The third-order valence-electron chi connectivity index (χ3n) is 5.03. The predicted octanol–water partition coefficient (Wildman–Crippen LogP) is 4.05. The number of nitrogens with zero attached hydrogens (tertiary/aromatic N) is 1. The summed E-state index contributed by atoms with van der Waals surface area (Å²) >= 11 is 0. The molecule has 6 heteroatoms. The molecule has 3 rings (SSSR count). The fourth-order valence-electron chi connectivity index (χ4n) is 3.37. The second-order valence-electron chi connectivity index (χ2n) is 7.23. The van der Waals surface area contributed by atoms with Crippen LogP contribution in [0.4, 0.5) is 4.39 Å². The highest BCUT2D eigenvalue weighted by Crippen LogP contribution is 2.19. The number of unbranched alkanes of at least 4 members (excludes halogenated alkanes) is 1. The van der Waals surface area contributed by atoms with E-state index in [9.17, 15) is 4.39 Å². The number of hydrogen-bond donors (Lipinski definition) is 3. The van der Waals surface area contributed by atoms with Crippen molar-refractivity contribution in [1.82, 2.24) is 15.6 Å². The Balaban J connectivity index is 1.25. The highest BCUT2D eigenvalue weighted by atomic mass is 19.1. The van der Waals surface area contributed by atoms with Crippen molar-refractivity contribution in [1.29, 1.82) is 0 Å². The van der Waals surface area contributed by atoms with Gasteiger partial charge in [-0.2, -0.15) is 0 Å². The van der Waals surface area contributed by atoms with Gasteiger partial charge in [0.05, 0.1) is 6.61 Å². The molecule has 0 saturated heterocycles. The number of rotatable bonds is 11. The van der Waals surface area contributed by atoms with Gasteiger partial charge >= 0.3 is 0 Å². The molecule has 0 bridgehead atoms.